The molecule has 0 amide bonds. The standard InChI is InChI=1S/C12H25F2NO/c1-5-6-7-16-10-12(13,14)9-15(4)8-11(2)3/h11H,5-10H2,1-4H3. The number of hydrogen-bond acceptors (Lipinski definition) is 2. The highest BCUT2D eigenvalue weighted by Gasteiger charge is 2.30. The van der Waals surface area contributed by atoms with Crippen molar-refractivity contribution in [2.75, 3.05) is 33.4 Å². The summed E-state index contributed by atoms with van der Waals surface area (Å²) in [5, 5.41) is 0. The van der Waals surface area contributed by atoms with Gasteiger partial charge in [-0.25, -0.2) is 8.78 Å². The third kappa shape index (κ3) is 9.04. The Hall–Kier alpha value is -0.220. The summed E-state index contributed by atoms with van der Waals surface area (Å²) in [5.41, 5.74) is 0. The first-order chi connectivity index (χ1) is 7.37. The van der Waals surface area contributed by atoms with Gasteiger partial charge >= 0.3 is 0 Å². The minimum atomic E-state index is -2.74. The van der Waals surface area contributed by atoms with E-state index in [2.05, 4.69) is 0 Å². The molecular weight excluding hydrogens is 212 g/mol. The average Bonchev–Trinajstić information content (AvgIpc) is 2.10. The van der Waals surface area contributed by atoms with Gasteiger partial charge in [-0.05, 0) is 19.4 Å². The lowest BCUT2D eigenvalue weighted by molar-refractivity contribution is -0.0927. The van der Waals surface area contributed by atoms with Crippen LogP contribution >= 0.6 is 0 Å². The van der Waals surface area contributed by atoms with Crippen molar-refractivity contribution in [2.45, 2.75) is 39.5 Å². The normalized spacial score (nSPS) is 12.8. The van der Waals surface area contributed by atoms with Crippen LogP contribution < -0.4 is 0 Å². The van der Waals surface area contributed by atoms with Gasteiger partial charge in [0, 0.05) is 13.2 Å². The van der Waals surface area contributed by atoms with E-state index in [0.29, 0.717) is 19.1 Å². The highest BCUT2D eigenvalue weighted by Crippen LogP contribution is 2.16. The van der Waals surface area contributed by atoms with Crippen LogP contribution in [0.25, 0.3) is 0 Å². The zero-order chi connectivity index (χ0) is 12.6. The lowest BCUT2D eigenvalue weighted by Gasteiger charge is -2.24. The Balaban J connectivity index is 3.75. The molecule has 0 rings (SSSR count). The third-order valence-electron chi connectivity index (χ3n) is 2.13. The Bertz CT molecular complexity index is 174. The van der Waals surface area contributed by atoms with E-state index in [0.717, 1.165) is 12.8 Å². The van der Waals surface area contributed by atoms with Crippen LogP contribution in [-0.2, 0) is 4.74 Å². The lowest BCUT2D eigenvalue weighted by Crippen LogP contribution is -2.39. The van der Waals surface area contributed by atoms with Crippen molar-refractivity contribution in [2.24, 2.45) is 5.92 Å². The van der Waals surface area contributed by atoms with E-state index >= 15 is 0 Å². The maximum atomic E-state index is 13.4. The summed E-state index contributed by atoms with van der Waals surface area (Å²) in [7, 11) is 1.72. The molecule has 0 aromatic rings. The number of alkyl halides is 2. The molecule has 0 atom stereocenters. The maximum absolute atomic E-state index is 13.4. The van der Waals surface area contributed by atoms with Crippen LogP contribution in [0.1, 0.15) is 33.6 Å². The van der Waals surface area contributed by atoms with Crippen LogP contribution in [0.2, 0.25) is 0 Å². The van der Waals surface area contributed by atoms with E-state index in [9.17, 15) is 8.78 Å². The molecule has 0 aromatic carbocycles. The molecule has 0 bridgehead atoms. The zero-order valence-electron chi connectivity index (χ0n) is 10.9. The summed E-state index contributed by atoms with van der Waals surface area (Å²) in [5.74, 6) is -2.33. The SMILES string of the molecule is CCCCOCC(F)(F)CN(C)CC(C)C. The summed E-state index contributed by atoms with van der Waals surface area (Å²) in [6.07, 6.45) is 1.82. The van der Waals surface area contributed by atoms with E-state index < -0.39 is 12.5 Å². The highest BCUT2D eigenvalue weighted by atomic mass is 19.3. The first-order valence-electron chi connectivity index (χ1n) is 6.01. The van der Waals surface area contributed by atoms with Crippen molar-refractivity contribution >= 4 is 0 Å². The number of halogens is 2. The Morgan fingerprint density at radius 1 is 1.31 bits per heavy atom. The number of rotatable bonds is 9. The van der Waals surface area contributed by atoms with Crippen LogP contribution in [0.5, 0.6) is 0 Å². The van der Waals surface area contributed by atoms with Crippen molar-refractivity contribution in [1.29, 1.82) is 0 Å². The second-order valence-corrected chi connectivity index (χ2v) is 4.85. The molecule has 0 radical (unpaired) electrons. The van der Waals surface area contributed by atoms with Gasteiger partial charge in [0.2, 0.25) is 0 Å². The van der Waals surface area contributed by atoms with Crippen molar-refractivity contribution in [1.82, 2.24) is 4.90 Å². The summed E-state index contributed by atoms with van der Waals surface area (Å²) in [6, 6.07) is 0. The fraction of sp³-hybridized carbons (Fsp3) is 1.00. The molecule has 4 heteroatoms. The Morgan fingerprint density at radius 2 is 1.94 bits per heavy atom. The molecule has 16 heavy (non-hydrogen) atoms. The van der Waals surface area contributed by atoms with Gasteiger partial charge in [-0.15, -0.1) is 0 Å². The Morgan fingerprint density at radius 3 is 2.44 bits per heavy atom. The number of unbranched alkanes of at least 4 members (excludes halogenated alkanes) is 1. The van der Waals surface area contributed by atoms with Crippen LogP contribution in [0.3, 0.4) is 0 Å². The monoisotopic (exact) mass is 237 g/mol. The number of nitrogens with zero attached hydrogens (tertiary/aromatic N) is 1. The number of ether oxygens (including phenoxy) is 1. The maximum Gasteiger partial charge on any atom is 0.283 e. The second-order valence-electron chi connectivity index (χ2n) is 4.85. The summed E-state index contributed by atoms with van der Waals surface area (Å²) in [4.78, 5) is 1.66. The molecule has 0 aliphatic carbocycles. The molecule has 0 saturated heterocycles. The topological polar surface area (TPSA) is 12.5 Å². The van der Waals surface area contributed by atoms with Crippen LogP contribution in [0, 0.1) is 5.92 Å². The first-order valence-corrected chi connectivity index (χ1v) is 6.01. The Labute approximate surface area is 98.0 Å². The largest absolute Gasteiger partial charge is 0.375 e. The highest BCUT2D eigenvalue weighted by molar-refractivity contribution is 4.70. The van der Waals surface area contributed by atoms with Crippen molar-refractivity contribution < 1.29 is 13.5 Å². The van der Waals surface area contributed by atoms with E-state index in [-0.39, 0.29) is 6.54 Å². The molecule has 0 aromatic heterocycles. The smallest absolute Gasteiger partial charge is 0.283 e. The van der Waals surface area contributed by atoms with Gasteiger partial charge in [0.05, 0.1) is 6.54 Å². The first kappa shape index (κ1) is 15.8. The molecule has 0 unspecified atom stereocenters. The van der Waals surface area contributed by atoms with Crippen LogP contribution in [0.4, 0.5) is 8.78 Å². The third-order valence-corrected chi connectivity index (χ3v) is 2.13. The van der Waals surface area contributed by atoms with Gasteiger partial charge in [0.15, 0.2) is 0 Å². The molecular formula is C12H25F2NO. The van der Waals surface area contributed by atoms with E-state index in [1.807, 2.05) is 20.8 Å². The summed E-state index contributed by atoms with van der Waals surface area (Å²) < 4.78 is 31.7. The van der Waals surface area contributed by atoms with E-state index in [1.165, 1.54) is 0 Å². The van der Waals surface area contributed by atoms with Gasteiger partial charge in [-0.1, -0.05) is 27.2 Å². The van der Waals surface area contributed by atoms with Gasteiger partial charge in [0.25, 0.3) is 5.92 Å². The molecule has 0 heterocycles. The minimum absolute atomic E-state index is 0.225. The fourth-order valence-electron chi connectivity index (χ4n) is 1.60. The van der Waals surface area contributed by atoms with Crippen molar-refractivity contribution in [3.63, 3.8) is 0 Å². The summed E-state index contributed by atoms with van der Waals surface area (Å²) >= 11 is 0. The molecule has 0 aliphatic rings. The predicted octanol–water partition coefficient (Wildman–Crippen LogP) is 3.03. The molecule has 2 nitrogen and oxygen atoms in total. The second kappa shape index (κ2) is 7.96. The molecule has 0 saturated carbocycles. The van der Waals surface area contributed by atoms with Gasteiger partial charge in [-0.3, -0.25) is 0 Å². The van der Waals surface area contributed by atoms with Crippen molar-refractivity contribution in [3.8, 4) is 0 Å². The zero-order valence-corrected chi connectivity index (χ0v) is 10.9. The van der Waals surface area contributed by atoms with Crippen molar-refractivity contribution in [3.05, 3.63) is 0 Å². The molecule has 0 spiro atoms. The van der Waals surface area contributed by atoms with E-state index in [1.54, 1.807) is 11.9 Å². The molecule has 0 N–H and O–H groups in total. The molecule has 98 valence electrons. The van der Waals surface area contributed by atoms with Gasteiger partial charge in [0.1, 0.15) is 6.61 Å². The minimum Gasteiger partial charge on any atom is -0.375 e. The van der Waals surface area contributed by atoms with E-state index in [4.69, 9.17) is 4.74 Å². The lowest BCUT2D eigenvalue weighted by atomic mass is 10.2. The average molecular weight is 237 g/mol. The van der Waals surface area contributed by atoms with Gasteiger partial charge in [-0.2, -0.15) is 0 Å². The molecule has 0 fully saturated rings. The Kier molecular flexibility index (Phi) is 7.85. The van der Waals surface area contributed by atoms with Gasteiger partial charge < -0.3 is 9.64 Å². The number of hydrogen-bond donors (Lipinski definition) is 0. The quantitative estimate of drug-likeness (QED) is 0.572. The van der Waals surface area contributed by atoms with Crippen LogP contribution in [0.15, 0.2) is 0 Å². The fourth-order valence-corrected chi connectivity index (χ4v) is 1.60. The predicted molar refractivity (Wildman–Crippen MR) is 63.0 cm³/mol. The van der Waals surface area contributed by atoms with Crippen LogP contribution in [-0.4, -0.2) is 44.2 Å². The summed E-state index contributed by atoms with van der Waals surface area (Å²) in [6.45, 7) is 6.48. The molecule has 0 aliphatic heterocycles.